The highest BCUT2D eigenvalue weighted by Gasteiger charge is 2.38. The van der Waals surface area contributed by atoms with Crippen molar-refractivity contribution in [3.63, 3.8) is 0 Å². The first-order valence-corrected chi connectivity index (χ1v) is 9.19. The first kappa shape index (κ1) is 24.9. The summed E-state index contributed by atoms with van der Waals surface area (Å²) in [6.07, 6.45) is 3.45. The van der Waals surface area contributed by atoms with E-state index in [1.54, 1.807) is 0 Å². The molecule has 0 aliphatic rings. The lowest BCUT2D eigenvalue weighted by atomic mass is 10.0. The molecule has 1 aromatic rings. The number of alkyl halides is 3. The van der Waals surface area contributed by atoms with Crippen LogP contribution in [-0.4, -0.2) is 23.2 Å². The van der Waals surface area contributed by atoms with E-state index in [0.717, 1.165) is 18.4 Å². The second-order valence-electron chi connectivity index (χ2n) is 6.35. The molecule has 1 atom stereocenters. The number of hydrogen-bond acceptors (Lipinski definition) is 3. The Labute approximate surface area is 158 Å². The predicted octanol–water partition coefficient (Wildman–Crippen LogP) is 5.75. The highest BCUT2D eigenvalue weighted by Crippen LogP contribution is 2.14. The molecule has 0 saturated heterocycles. The minimum atomic E-state index is -5.08. The number of hydrogen-bond donors (Lipinski definition) is 1. The van der Waals surface area contributed by atoms with Crippen molar-refractivity contribution < 1.29 is 32.6 Å². The molecule has 0 heterocycles. The second-order valence-corrected chi connectivity index (χ2v) is 6.35. The van der Waals surface area contributed by atoms with Gasteiger partial charge in [-0.05, 0) is 12.0 Å². The number of ether oxygens (including phenoxy) is 1. The molecule has 4 nitrogen and oxygen atoms in total. The van der Waals surface area contributed by atoms with Gasteiger partial charge >= 0.3 is 18.1 Å². The SMILES string of the molecule is CCCCCCCCC(C)C(=O)OCc1ccccc1.O=C(O)C(F)(F)F. The summed E-state index contributed by atoms with van der Waals surface area (Å²) >= 11 is 0. The summed E-state index contributed by atoms with van der Waals surface area (Å²) < 4.78 is 37.1. The summed E-state index contributed by atoms with van der Waals surface area (Å²) in [6, 6.07) is 9.84. The van der Waals surface area contributed by atoms with Crippen molar-refractivity contribution in [3.8, 4) is 0 Å². The monoisotopic (exact) mass is 390 g/mol. The number of benzene rings is 1. The Morgan fingerprint density at radius 2 is 1.56 bits per heavy atom. The molecule has 0 bridgehead atoms. The van der Waals surface area contributed by atoms with Gasteiger partial charge < -0.3 is 9.84 Å². The number of carbonyl (C=O) groups is 2. The van der Waals surface area contributed by atoms with Crippen LogP contribution in [0.3, 0.4) is 0 Å². The van der Waals surface area contributed by atoms with Gasteiger partial charge in [-0.1, -0.05) is 82.7 Å². The van der Waals surface area contributed by atoms with E-state index in [4.69, 9.17) is 14.6 Å². The van der Waals surface area contributed by atoms with E-state index in [9.17, 15) is 18.0 Å². The second kappa shape index (κ2) is 14.1. The van der Waals surface area contributed by atoms with Crippen LogP contribution >= 0.6 is 0 Å². The number of unbranched alkanes of at least 4 members (excludes halogenated alkanes) is 5. The van der Waals surface area contributed by atoms with Crippen molar-refractivity contribution in [2.24, 2.45) is 5.92 Å². The lowest BCUT2D eigenvalue weighted by molar-refractivity contribution is -0.192. The molecule has 154 valence electrons. The van der Waals surface area contributed by atoms with Gasteiger partial charge in [-0.25, -0.2) is 4.79 Å². The van der Waals surface area contributed by atoms with Crippen LogP contribution in [0.25, 0.3) is 0 Å². The molecule has 0 spiro atoms. The normalized spacial score (nSPS) is 11.9. The maximum Gasteiger partial charge on any atom is 0.490 e. The van der Waals surface area contributed by atoms with Crippen LogP contribution in [0.2, 0.25) is 0 Å². The molecule has 0 aromatic heterocycles. The molecule has 0 aliphatic carbocycles. The zero-order chi connectivity index (χ0) is 20.7. The molecule has 7 heteroatoms. The standard InChI is InChI=1S/C18H28O2.C2HF3O2/c1-3-4-5-6-7-9-12-16(2)18(19)20-15-17-13-10-8-11-14-17;3-2(4,5)1(6)7/h8,10-11,13-14,16H,3-7,9,12,15H2,1-2H3;(H,6,7). The summed E-state index contributed by atoms with van der Waals surface area (Å²) in [5.74, 6) is -2.81. The third-order valence-electron chi connectivity index (χ3n) is 3.86. The Bertz CT molecular complexity index is 530. The third-order valence-corrected chi connectivity index (χ3v) is 3.86. The maximum atomic E-state index is 11.9. The topological polar surface area (TPSA) is 63.6 Å². The van der Waals surface area contributed by atoms with Crippen molar-refractivity contribution >= 4 is 11.9 Å². The molecule has 0 radical (unpaired) electrons. The third kappa shape index (κ3) is 13.8. The lowest BCUT2D eigenvalue weighted by Gasteiger charge is -2.11. The summed E-state index contributed by atoms with van der Waals surface area (Å²) in [5, 5.41) is 7.12. The van der Waals surface area contributed by atoms with E-state index in [-0.39, 0.29) is 11.9 Å². The van der Waals surface area contributed by atoms with Gasteiger partial charge in [0.2, 0.25) is 0 Å². The number of rotatable bonds is 10. The van der Waals surface area contributed by atoms with Gasteiger partial charge in [0.1, 0.15) is 6.61 Å². The number of carboxylic acids is 1. The van der Waals surface area contributed by atoms with Gasteiger partial charge in [-0.2, -0.15) is 13.2 Å². The molecule has 1 unspecified atom stereocenters. The molecule has 0 saturated carbocycles. The molecular weight excluding hydrogens is 361 g/mol. The smallest absolute Gasteiger partial charge is 0.475 e. The molecule has 0 amide bonds. The molecular formula is C20H29F3O4. The molecule has 1 aromatic carbocycles. The number of carboxylic acid groups (broad SMARTS) is 1. The lowest BCUT2D eigenvalue weighted by Crippen LogP contribution is -2.21. The van der Waals surface area contributed by atoms with E-state index >= 15 is 0 Å². The van der Waals surface area contributed by atoms with Gasteiger partial charge in [0.25, 0.3) is 0 Å². The van der Waals surface area contributed by atoms with Crippen molar-refractivity contribution in [3.05, 3.63) is 35.9 Å². The van der Waals surface area contributed by atoms with Gasteiger partial charge in [-0.3, -0.25) is 4.79 Å². The summed E-state index contributed by atoms with van der Waals surface area (Å²) in [5.41, 5.74) is 1.05. The summed E-state index contributed by atoms with van der Waals surface area (Å²) in [6.45, 7) is 4.59. The Kier molecular flexibility index (Phi) is 13.0. The summed E-state index contributed by atoms with van der Waals surface area (Å²) in [4.78, 5) is 20.8. The molecule has 0 fully saturated rings. The molecule has 27 heavy (non-hydrogen) atoms. The Balaban J connectivity index is 0.000000821. The zero-order valence-corrected chi connectivity index (χ0v) is 15.9. The summed E-state index contributed by atoms with van der Waals surface area (Å²) in [7, 11) is 0. The number of carbonyl (C=O) groups excluding carboxylic acids is 1. The Morgan fingerprint density at radius 3 is 2.07 bits per heavy atom. The average molecular weight is 390 g/mol. The van der Waals surface area contributed by atoms with Crippen molar-refractivity contribution in [1.82, 2.24) is 0 Å². The largest absolute Gasteiger partial charge is 0.490 e. The van der Waals surface area contributed by atoms with E-state index in [1.807, 2.05) is 37.3 Å². The first-order chi connectivity index (χ1) is 12.7. The van der Waals surface area contributed by atoms with Gasteiger partial charge in [-0.15, -0.1) is 0 Å². The van der Waals surface area contributed by atoms with Crippen LogP contribution in [0, 0.1) is 5.92 Å². The van der Waals surface area contributed by atoms with Crippen molar-refractivity contribution in [1.29, 1.82) is 0 Å². The molecule has 0 aliphatic heterocycles. The van der Waals surface area contributed by atoms with Crippen LogP contribution in [0.15, 0.2) is 30.3 Å². The Morgan fingerprint density at radius 1 is 1.04 bits per heavy atom. The molecule has 1 N–H and O–H groups in total. The highest BCUT2D eigenvalue weighted by molar-refractivity contribution is 5.73. The van der Waals surface area contributed by atoms with Crippen molar-refractivity contribution in [2.75, 3.05) is 0 Å². The minimum absolute atomic E-state index is 0.0184. The van der Waals surface area contributed by atoms with Crippen molar-refractivity contribution in [2.45, 2.75) is 71.6 Å². The van der Waals surface area contributed by atoms with Gasteiger partial charge in [0, 0.05) is 0 Å². The van der Waals surface area contributed by atoms with Crippen LogP contribution < -0.4 is 0 Å². The fourth-order valence-corrected chi connectivity index (χ4v) is 2.22. The highest BCUT2D eigenvalue weighted by atomic mass is 19.4. The van der Waals surface area contributed by atoms with E-state index in [2.05, 4.69) is 6.92 Å². The number of halogens is 3. The average Bonchev–Trinajstić information content (AvgIpc) is 2.63. The maximum absolute atomic E-state index is 11.9. The number of aliphatic carboxylic acids is 1. The van der Waals surface area contributed by atoms with Crippen LogP contribution in [0.5, 0.6) is 0 Å². The van der Waals surface area contributed by atoms with Gasteiger partial charge in [0.05, 0.1) is 5.92 Å². The van der Waals surface area contributed by atoms with E-state index in [1.165, 1.54) is 32.1 Å². The minimum Gasteiger partial charge on any atom is -0.475 e. The molecule has 1 rings (SSSR count). The predicted molar refractivity (Wildman–Crippen MR) is 97.1 cm³/mol. The number of esters is 1. The fraction of sp³-hybridized carbons (Fsp3) is 0.600. The first-order valence-electron chi connectivity index (χ1n) is 9.19. The van der Waals surface area contributed by atoms with E-state index in [0.29, 0.717) is 6.61 Å². The van der Waals surface area contributed by atoms with Crippen LogP contribution in [0.4, 0.5) is 13.2 Å². The van der Waals surface area contributed by atoms with Gasteiger partial charge in [0.15, 0.2) is 0 Å². The van der Waals surface area contributed by atoms with E-state index < -0.39 is 12.1 Å². The zero-order valence-electron chi connectivity index (χ0n) is 15.9. The van der Waals surface area contributed by atoms with Crippen LogP contribution in [0.1, 0.15) is 64.4 Å². The van der Waals surface area contributed by atoms with Crippen LogP contribution in [-0.2, 0) is 20.9 Å². The Hall–Kier alpha value is -2.05. The fourth-order valence-electron chi connectivity index (χ4n) is 2.22. The quantitative estimate of drug-likeness (QED) is 0.408.